The highest BCUT2D eigenvalue weighted by Gasteiger charge is 2.26. The zero-order valence-corrected chi connectivity index (χ0v) is 17.0. The Bertz CT molecular complexity index is 1450. The maximum Gasteiger partial charge on any atom is 0.329 e. The number of nitrogens with one attached hydrogen (secondary N) is 2. The Balaban J connectivity index is 1.75. The SMILES string of the molecule is O=C(NCc1ncc(F)cc1F)C(Cc1ccncc1)n1c(=O)[nH]c2cccc(O)c2c1=O. The van der Waals surface area contributed by atoms with E-state index in [0.717, 1.165) is 6.20 Å². The Kier molecular flexibility index (Phi) is 5.94. The van der Waals surface area contributed by atoms with Gasteiger partial charge in [0.1, 0.15) is 28.8 Å². The summed E-state index contributed by atoms with van der Waals surface area (Å²) in [6.45, 7) is -0.400. The van der Waals surface area contributed by atoms with Crippen LogP contribution in [0.2, 0.25) is 0 Å². The first-order valence-electron chi connectivity index (χ1n) is 9.78. The third-order valence-corrected chi connectivity index (χ3v) is 5.04. The van der Waals surface area contributed by atoms with Crippen LogP contribution >= 0.6 is 0 Å². The summed E-state index contributed by atoms with van der Waals surface area (Å²) < 4.78 is 27.7. The lowest BCUT2D eigenvalue weighted by Crippen LogP contribution is -2.45. The lowest BCUT2D eigenvalue weighted by Gasteiger charge is -2.19. The number of carbonyl (C=O) groups excluding carboxylic acids is 1. The number of halogens is 2. The number of hydrogen-bond donors (Lipinski definition) is 3. The van der Waals surface area contributed by atoms with Gasteiger partial charge in [-0.15, -0.1) is 0 Å². The first-order chi connectivity index (χ1) is 15.8. The van der Waals surface area contributed by atoms with Crippen LogP contribution in [0.1, 0.15) is 17.3 Å². The number of aromatic amines is 1. The van der Waals surface area contributed by atoms with Crippen molar-refractivity contribution in [3.8, 4) is 5.75 Å². The molecule has 3 N–H and O–H groups in total. The summed E-state index contributed by atoms with van der Waals surface area (Å²) >= 11 is 0. The molecule has 0 aliphatic carbocycles. The Hall–Kier alpha value is -4.41. The number of H-pyrrole nitrogens is 1. The minimum atomic E-state index is -1.35. The minimum Gasteiger partial charge on any atom is -0.507 e. The Labute approximate surface area is 184 Å². The van der Waals surface area contributed by atoms with Crippen LogP contribution in [-0.4, -0.2) is 30.5 Å². The fraction of sp³-hybridized carbons (Fsp3) is 0.136. The Morgan fingerprint density at radius 2 is 1.94 bits per heavy atom. The molecule has 0 fully saturated rings. The highest BCUT2D eigenvalue weighted by Crippen LogP contribution is 2.19. The molecule has 33 heavy (non-hydrogen) atoms. The van der Waals surface area contributed by atoms with E-state index in [2.05, 4.69) is 20.3 Å². The predicted octanol–water partition coefficient (Wildman–Crippen LogP) is 1.56. The molecule has 1 atom stereocenters. The van der Waals surface area contributed by atoms with Gasteiger partial charge >= 0.3 is 5.69 Å². The van der Waals surface area contributed by atoms with Gasteiger partial charge in [-0.05, 0) is 29.8 Å². The lowest BCUT2D eigenvalue weighted by atomic mass is 10.1. The quantitative estimate of drug-likeness (QED) is 0.406. The van der Waals surface area contributed by atoms with E-state index in [-0.39, 0.29) is 28.8 Å². The molecular weight excluding hydrogens is 436 g/mol. The van der Waals surface area contributed by atoms with E-state index >= 15 is 0 Å². The molecule has 0 spiro atoms. The number of aromatic hydroxyl groups is 1. The molecule has 1 aromatic carbocycles. The van der Waals surface area contributed by atoms with Crippen LogP contribution < -0.4 is 16.6 Å². The average Bonchev–Trinajstić information content (AvgIpc) is 2.78. The average molecular weight is 453 g/mol. The van der Waals surface area contributed by atoms with Crippen LogP contribution in [0.25, 0.3) is 10.9 Å². The molecule has 0 saturated heterocycles. The molecule has 168 valence electrons. The first-order valence-corrected chi connectivity index (χ1v) is 9.78. The van der Waals surface area contributed by atoms with E-state index in [0.29, 0.717) is 16.2 Å². The van der Waals surface area contributed by atoms with Crippen LogP contribution in [0.15, 0.2) is 64.6 Å². The van der Waals surface area contributed by atoms with E-state index in [9.17, 15) is 28.3 Å². The van der Waals surface area contributed by atoms with Crippen molar-refractivity contribution in [1.82, 2.24) is 24.8 Å². The maximum absolute atomic E-state index is 13.9. The number of phenolic OH excluding ortho intramolecular Hbond substituents is 1. The van der Waals surface area contributed by atoms with Gasteiger partial charge in [-0.2, -0.15) is 0 Å². The number of pyridine rings is 2. The zero-order chi connectivity index (χ0) is 23.5. The standard InChI is InChI=1S/C22H17F2N5O4/c23-13-9-14(24)16(26-10-13)11-27-20(31)17(8-12-4-6-25-7-5-12)29-21(32)19-15(28-22(29)33)2-1-3-18(19)30/h1-7,9-10,17,30H,8,11H2,(H,27,31)(H,28,33). The van der Waals surface area contributed by atoms with Gasteiger partial charge in [0.25, 0.3) is 5.56 Å². The predicted molar refractivity (Wildman–Crippen MR) is 113 cm³/mol. The maximum atomic E-state index is 13.9. The van der Waals surface area contributed by atoms with Gasteiger partial charge in [-0.1, -0.05) is 6.07 Å². The fourth-order valence-corrected chi connectivity index (χ4v) is 3.45. The Morgan fingerprint density at radius 1 is 1.18 bits per heavy atom. The molecule has 11 heteroatoms. The summed E-state index contributed by atoms with van der Waals surface area (Å²) in [6, 6.07) is 6.69. The van der Waals surface area contributed by atoms with Gasteiger partial charge in [0.05, 0.1) is 24.0 Å². The number of amides is 1. The second-order valence-electron chi connectivity index (χ2n) is 7.18. The van der Waals surface area contributed by atoms with Gasteiger partial charge in [0.15, 0.2) is 0 Å². The van der Waals surface area contributed by atoms with Crippen molar-refractivity contribution < 1.29 is 18.7 Å². The van der Waals surface area contributed by atoms with Crippen molar-refractivity contribution in [2.75, 3.05) is 0 Å². The number of phenols is 1. The van der Waals surface area contributed by atoms with Gasteiger partial charge in [-0.3, -0.25) is 19.6 Å². The Morgan fingerprint density at radius 3 is 2.67 bits per heavy atom. The normalized spacial score (nSPS) is 11.9. The number of aromatic nitrogens is 4. The molecular formula is C22H17F2N5O4. The summed E-state index contributed by atoms with van der Waals surface area (Å²) in [6.07, 6.45) is 3.71. The van der Waals surface area contributed by atoms with E-state index < -0.39 is 41.4 Å². The van der Waals surface area contributed by atoms with Crippen molar-refractivity contribution in [1.29, 1.82) is 0 Å². The monoisotopic (exact) mass is 453 g/mol. The lowest BCUT2D eigenvalue weighted by molar-refractivity contribution is -0.124. The van der Waals surface area contributed by atoms with E-state index in [1.165, 1.54) is 30.6 Å². The molecule has 0 aliphatic rings. The van der Waals surface area contributed by atoms with E-state index in [1.807, 2.05) is 0 Å². The van der Waals surface area contributed by atoms with E-state index in [4.69, 9.17) is 0 Å². The second kappa shape index (κ2) is 8.99. The van der Waals surface area contributed by atoms with Gasteiger partial charge < -0.3 is 15.4 Å². The molecule has 0 radical (unpaired) electrons. The van der Waals surface area contributed by atoms with Crippen LogP contribution in [-0.2, 0) is 17.8 Å². The third-order valence-electron chi connectivity index (χ3n) is 5.04. The summed E-state index contributed by atoms with van der Waals surface area (Å²) in [5.74, 6) is -2.96. The number of benzene rings is 1. The molecule has 4 aromatic rings. The number of fused-ring (bicyclic) bond motifs is 1. The molecule has 0 aliphatic heterocycles. The summed E-state index contributed by atoms with van der Waals surface area (Å²) in [5, 5.41) is 12.4. The zero-order valence-electron chi connectivity index (χ0n) is 17.0. The third kappa shape index (κ3) is 4.47. The molecule has 1 unspecified atom stereocenters. The molecule has 9 nitrogen and oxygen atoms in total. The number of nitrogens with zero attached hydrogens (tertiary/aromatic N) is 3. The highest BCUT2D eigenvalue weighted by molar-refractivity contribution is 5.85. The van der Waals surface area contributed by atoms with Crippen molar-refractivity contribution in [2.45, 2.75) is 19.0 Å². The summed E-state index contributed by atoms with van der Waals surface area (Å²) in [7, 11) is 0. The first kappa shape index (κ1) is 21.8. The second-order valence-corrected chi connectivity index (χ2v) is 7.18. The van der Waals surface area contributed by atoms with Crippen LogP contribution in [0, 0.1) is 11.6 Å². The largest absolute Gasteiger partial charge is 0.507 e. The van der Waals surface area contributed by atoms with Crippen LogP contribution in [0.5, 0.6) is 5.75 Å². The van der Waals surface area contributed by atoms with Crippen molar-refractivity contribution in [2.24, 2.45) is 0 Å². The van der Waals surface area contributed by atoms with Gasteiger partial charge in [0.2, 0.25) is 5.91 Å². The molecule has 3 heterocycles. The fourth-order valence-electron chi connectivity index (χ4n) is 3.45. The van der Waals surface area contributed by atoms with Crippen molar-refractivity contribution in [3.63, 3.8) is 0 Å². The topological polar surface area (TPSA) is 130 Å². The molecule has 1 amide bonds. The van der Waals surface area contributed by atoms with Gasteiger partial charge in [0, 0.05) is 24.9 Å². The number of rotatable bonds is 6. The molecule has 0 bridgehead atoms. The smallest absolute Gasteiger partial charge is 0.329 e. The molecule has 0 saturated carbocycles. The molecule has 3 aromatic heterocycles. The van der Waals surface area contributed by atoms with Crippen LogP contribution in [0.3, 0.4) is 0 Å². The summed E-state index contributed by atoms with van der Waals surface area (Å²) in [4.78, 5) is 49.0. The van der Waals surface area contributed by atoms with Gasteiger partial charge in [-0.25, -0.2) is 18.1 Å². The highest BCUT2D eigenvalue weighted by atomic mass is 19.1. The van der Waals surface area contributed by atoms with E-state index in [1.54, 1.807) is 12.1 Å². The van der Waals surface area contributed by atoms with Crippen molar-refractivity contribution in [3.05, 3.63) is 98.7 Å². The molecule has 4 rings (SSSR count). The van der Waals surface area contributed by atoms with Crippen molar-refractivity contribution >= 4 is 16.8 Å². The summed E-state index contributed by atoms with van der Waals surface area (Å²) in [5.41, 5.74) is -1.24. The number of carbonyl (C=O) groups is 1. The minimum absolute atomic E-state index is 0.0736. The number of hydrogen-bond acceptors (Lipinski definition) is 6. The van der Waals surface area contributed by atoms with Crippen LogP contribution in [0.4, 0.5) is 8.78 Å².